The SMILES string of the molecule is C=CCNCC(=O)Nc1ccc(N2CCN(C(=O)c3ccccc3F)CC2)cc1. The summed E-state index contributed by atoms with van der Waals surface area (Å²) in [5.74, 6) is -0.872. The molecule has 7 heteroatoms. The standard InChI is InChI=1S/C22H25FN4O2/c1-2-11-24-16-21(28)25-17-7-9-18(10-8-17)26-12-14-27(15-13-26)22(29)19-5-3-4-6-20(19)23/h2-10,24H,1,11-16H2,(H,25,28). The monoisotopic (exact) mass is 396 g/mol. The molecule has 1 aliphatic heterocycles. The molecular formula is C22H25FN4O2. The lowest BCUT2D eigenvalue weighted by Gasteiger charge is -2.36. The highest BCUT2D eigenvalue weighted by molar-refractivity contribution is 5.94. The van der Waals surface area contributed by atoms with Gasteiger partial charge in [-0.05, 0) is 36.4 Å². The van der Waals surface area contributed by atoms with E-state index in [0.29, 0.717) is 32.7 Å². The maximum atomic E-state index is 13.9. The van der Waals surface area contributed by atoms with Gasteiger partial charge in [0, 0.05) is 44.1 Å². The second-order valence-corrected chi connectivity index (χ2v) is 6.77. The molecule has 1 heterocycles. The number of hydrogen-bond acceptors (Lipinski definition) is 4. The summed E-state index contributed by atoms with van der Waals surface area (Å²) in [5, 5.41) is 5.79. The number of nitrogens with zero attached hydrogens (tertiary/aromatic N) is 2. The largest absolute Gasteiger partial charge is 0.368 e. The Labute approximate surface area is 170 Å². The van der Waals surface area contributed by atoms with Crippen molar-refractivity contribution >= 4 is 23.2 Å². The van der Waals surface area contributed by atoms with Crippen LogP contribution in [0, 0.1) is 5.82 Å². The number of benzene rings is 2. The molecule has 29 heavy (non-hydrogen) atoms. The van der Waals surface area contributed by atoms with Crippen LogP contribution in [0.3, 0.4) is 0 Å². The van der Waals surface area contributed by atoms with Crippen LogP contribution in [0.2, 0.25) is 0 Å². The minimum atomic E-state index is -0.489. The molecule has 0 aliphatic carbocycles. The van der Waals surface area contributed by atoms with Gasteiger partial charge in [-0.2, -0.15) is 0 Å². The molecule has 0 saturated carbocycles. The molecular weight excluding hydrogens is 371 g/mol. The molecule has 3 rings (SSSR count). The Bertz CT molecular complexity index is 861. The average molecular weight is 396 g/mol. The fraction of sp³-hybridized carbons (Fsp3) is 0.273. The normalized spacial score (nSPS) is 13.8. The minimum absolute atomic E-state index is 0.111. The summed E-state index contributed by atoms with van der Waals surface area (Å²) in [7, 11) is 0. The van der Waals surface area contributed by atoms with Crippen LogP contribution in [0.4, 0.5) is 15.8 Å². The zero-order valence-electron chi connectivity index (χ0n) is 16.2. The third-order valence-electron chi connectivity index (χ3n) is 4.76. The molecule has 152 valence electrons. The lowest BCUT2D eigenvalue weighted by molar-refractivity contribution is -0.115. The van der Waals surface area contributed by atoms with Gasteiger partial charge >= 0.3 is 0 Å². The first-order valence-electron chi connectivity index (χ1n) is 9.59. The Balaban J connectivity index is 1.52. The quantitative estimate of drug-likeness (QED) is 0.558. The first kappa shape index (κ1) is 20.5. The highest BCUT2D eigenvalue weighted by atomic mass is 19.1. The van der Waals surface area contributed by atoms with Gasteiger partial charge in [0.15, 0.2) is 0 Å². The van der Waals surface area contributed by atoms with Crippen LogP contribution in [-0.2, 0) is 4.79 Å². The van der Waals surface area contributed by atoms with Crippen molar-refractivity contribution in [3.63, 3.8) is 0 Å². The number of nitrogens with one attached hydrogen (secondary N) is 2. The first-order valence-corrected chi connectivity index (χ1v) is 9.59. The van der Waals surface area contributed by atoms with E-state index in [1.54, 1.807) is 23.1 Å². The number of halogens is 1. The van der Waals surface area contributed by atoms with Crippen LogP contribution in [-0.4, -0.2) is 56.0 Å². The molecule has 0 unspecified atom stereocenters. The second kappa shape index (κ2) is 9.84. The summed E-state index contributed by atoms with van der Waals surface area (Å²) in [4.78, 5) is 28.2. The Kier molecular flexibility index (Phi) is 6.97. The predicted molar refractivity (Wildman–Crippen MR) is 113 cm³/mol. The van der Waals surface area contributed by atoms with E-state index in [0.717, 1.165) is 11.4 Å². The van der Waals surface area contributed by atoms with Crippen molar-refractivity contribution in [2.24, 2.45) is 0 Å². The Morgan fingerprint density at radius 3 is 2.38 bits per heavy atom. The fourth-order valence-electron chi connectivity index (χ4n) is 3.22. The molecule has 0 radical (unpaired) electrons. The van der Waals surface area contributed by atoms with Crippen LogP contribution in [0.5, 0.6) is 0 Å². The smallest absolute Gasteiger partial charge is 0.256 e. The third-order valence-corrected chi connectivity index (χ3v) is 4.76. The van der Waals surface area contributed by atoms with Gasteiger partial charge in [-0.25, -0.2) is 4.39 Å². The number of carbonyl (C=O) groups excluding carboxylic acids is 2. The molecule has 6 nitrogen and oxygen atoms in total. The summed E-state index contributed by atoms with van der Waals surface area (Å²) >= 11 is 0. The van der Waals surface area contributed by atoms with E-state index in [4.69, 9.17) is 0 Å². The van der Waals surface area contributed by atoms with E-state index in [9.17, 15) is 14.0 Å². The van der Waals surface area contributed by atoms with E-state index in [2.05, 4.69) is 22.1 Å². The van der Waals surface area contributed by atoms with Gasteiger partial charge in [-0.15, -0.1) is 6.58 Å². The number of carbonyl (C=O) groups is 2. The molecule has 1 fully saturated rings. The number of hydrogen-bond donors (Lipinski definition) is 2. The Morgan fingerprint density at radius 2 is 1.72 bits per heavy atom. The summed E-state index contributed by atoms with van der Waals surface area (Å²) in [6.45, 7) is 6.79. The van der Waals surface area contributed by atoms with Crippen LogP contribution >= 0.6 is 0 Å². The van der Waals surface area contributed by atoms with E-state index >= 15 is 0 Å². The van der Waals surface area contributed by atoms with Crippen molar-refractivity contribution in [3.05, 3.63) is 72.6 Å². The second-order valence-electron chi connectivity index (χ2n) is 6.77. The topological polar surface area (TPSA) is 64.7 Å². The van der Waals surface area contributed by atoms with Crippen molar-refractivity contribution in [3.8, 4) is 0 Å². The van der Waals surface area contributed by atoms with Gasteiger partial charge in [-0.1, -0.05) is 18.2 Å². The number of anilines is 2. The average Bonchev–Trinajstić information content (AvgIpc) is 2.74. The van der Waals surface area contributed by atoms with Gasteiger partial charge < -0.3 is 20.4 Å². The fourth-order valence-corrected chi connectivity index (χ4v) is 3.22. The maximum absolute atomic E-state index is 13.9. The van der Waals surface area contributed by atoms with Crippen LogP contribution in [0.15, 0.2) is 61.2 Å². The molecule has 1 aliphatic rings. The van der Waals surface area contributed by atoms with Crippen molar-refractivity contribution in [1.82, 2.24) is 10.2 Å². The third kappa shape index (κ3) is 5.42. The van der Waals surface area contributed by atoms with Crippen molar-refractivity contribution < 1.29 is 14.0 Å². The lowest BCUT2D eigenvalue weighted by atomic mass is 10.1. The van der Waals surface area contributed by atoms with E-state index in [-0.39, 0.29) is 23.9 Å². The molecule has 0 atom stereocenters. The molecule has 2 aromatic carbocycles. The van der Waals surface area contributed by atoms with Crippen LogP contribution in [0.1, 0.15) is 10.4 Å². The molecule has 2 N–H and O–H groups in total. The van der Waals surface area contributed by atoms with Gasteiger partial charge in [0.05, 0.1) is 12.1 Å². The Morgan fingerprint density at radius 1 is 1.03 bits per heavy atom. The van der Waals surface area contributed by atoms with Gasteiger partial charge in [0.2, 0.25) is 5.91 Å². The van der Waals surface area contributed by atoms with Crippen LogP contribution in [0.25, 0.3) is 0 Å². The number of piperazine rings is 1. The molecule has 1 saturated heterocycles. The van der Waals surface area contributed by atoms with Crippen LogP contribution < -0.4 is 15.5 Å². The zero-order chi connectivity index (χ0) is 20.6. The minimum Gasteiger partial charge on any atom is -0.368 e. The van der Waals surface area contributed by atoms with E-state index in [1.165, 1.54) is 12.1 Å². The zero-order valence-corrected chi connectivity index (χ0v) is 16.2. The number of amides is 2. The summed E-state index contributed by atoms with van der Waals surface area (Å²) in [6.07, 6.45) is 1.70. The summed E-state index contributed by atoms with van der Waals surface area (Å²) in [5.41, 5.74) is 1.86. The van der Waals surface area contributed by atoms with Crippen molar-refractivity contribution in [1.29, 1.82) is 0 Å². The molecule has 0 spiro atoms. The molecule has 2 amide bonds. The maximum Gasteiger partial charge on any atom is 0.256 e. The van der Waals surface area contributed by atoms with Gasteiger partial charge in [0.1, 0.15) is 5.82 Å². The molecule has 0 aromatic heterocycles. The summed E-state index contributed by atoms with van der Waals surface area (Å²) < 4.78 is 13.9. The summed E-state index contributed by atoms with van der Waals surface area (Å²) in [6, 6.07) is 13.7. The number of rotatable bonds is 7. The lowest BCUT2D eigenvalue weighted by Crippen LogP contribution is -2.49. The Hall–Kier alpha value is -3.19. The van der Waals surface area contributed by atoms with E-state index < -0.39 is 5.82 Å². The molecule has 2 aromatic rings. The first-order chi connectivity index (χ1) is 14.1. The highest BCUT2D eigenvalue weighted by Crippen LogP contribution is 2.20. The highest BCUT2D eigenvalue weighted by Gasteiger charge is 2.24. The van der Waals surface area contributed by atoms with Gasteiger partial charge in [-0.3, -0.25) is 9.59 Å². The van der Waals surface area contributed by atoms with Crippen molar-refractivity contribution in [2.75, 3.05) is 49.5 Å². The molecule has 0 bridgehead atoms. The van der Waals surface area contributed by atoms with Gasteiger partial charge in [0.25, 0.3) is 5.91 Å². The van der Waals surface area contributed by atoms with Crippen molar-refractivity contribution in [2.45, 2.75) is 0 Å². The predicted octanol–water partition coefficient (Wildman–Crippen LogP) is 2.50. The van der Waals surface area contributed by atoms with E-state index in [1.807, 2.05) is 24.3 Å².